The van der Waals surface area contributed by atoms with Crippen LogP contribution in [0.3, 0.4) is 0 Å². The highest BCUT2D eigenvalue weighted by molar-refractivity contribution is 7.84. The van der Waals surface area contributed by atoms with Gasteiger partial charge in [-0.05, 0) is 0 Å². The van der Waals surface area contributed by atoms with Gasteiger partial charge >= 0.3 is 12.3 Å². The quantitative estimate of drug-likeness (QED) is 0.320. The fourth-order valence-electron chi connectivity index (χ4n) is 0.528. The van der Waals surface area contributed by atoms with Crippen LogP contribution in [0.1, 0.15) is 0 Å². The molecule has 0 aromatic heterocycles. The van der Waals surface area contributed by atoms with E-state index in [1.807, 2.05) is 5.32 Å². The van der Waals surface area contributed by atoms with Gasteiger partial charge in [-0.15, -0.1) is 12.6 Å². The third-order valence-electron chi connectivity index (χ3n) is 1.08. The number of nitrogens with zero attached hydrogens (tertiary/aromatic N) is 1. The molecule has 0 aliphatic rings. The van der Waals surface area contributed by atoms with Gasteiger partial charge in [0.2, 0.25) is 0 Å². The van der Waals surface area contributed by atoms with Crippen LogP contribution in [-0.2, 0) is 0 Å². The van der Waals surface area contributed by atoms with E-state index in [1.165, 1.54) is 0 Å². The van der Waals surface area contributed by atoms with Gasteiger partial charge in [-0.3, -0.25) is 4.99 Å². The molecule has 0 saturated heterocycles. The van der Waals surface area contributed by atoms with E-state index < -0.39 is 18.2 Å². The van der Waals surface area contributed by atoms with Crippen molar-refractivity contribution in [3.05, 3.63) is 11.6 Å². The first-order valence-electron chi connectivity index (χ1n) is 3.10. The van der Waals surface area contributed by atoms with Gasteiger partial charge in [0.05, 0.1) is 5.03 Å². The summed E-state index contributed by atoms with van der Waals surface area (Å²) in [5, 5.41) is 1.66. The topological polar surface area (TPSA) is 24.4 Å². The second-order valence-corrected chi connectivity index (χ2v) is 2.61. The lowest BCUT2D eigenvalue weighted by atomic mass is 10.3. The second kappa shape index (κ2) is 4.50. The van der Waals surface area contributed by atoms with Gasteiger partial charge in [-0.2, -0.15) is 8.78 Å². The summed E-state index contributed by atoms with van der Waals surface area (Å²) in [5.74, 6) is -5.46. The van der Waals surface area contributed by atoms with Crippen molar-refractivity contribution in [3.8, 4) is 0 Å². The number of aliphatic imine (C=N–C) groups is 1. The van der Waals surface area contributed by atoms with Gasteiger partial charge in [-0.25, -0.2) is 8.78 Å². The zero-order chi connectivity index (χ0) is 10.6. The predicted octanol–water partition coefficient (Wildman–Crippen LogP) is 1.91. The minimum atomic E-state index is -4.31. The third-order valence-corrected chi connectivity index (χ3v) is 1.19. The van der Waals surface area contributed by atoms with Gasteiger partial charge in [0, 0.05) is 7.05 Å². The fraction of sp³-hybridized carbons (Fsp3) is 0.500. The summed E-state index contributed by atoms with van der Waals surface area (Å²) >= 11 is 3.53. The number of hydrogen-bond acceptors (Lipinski definition) is 2. The standard InChI is InChI=1S/C6H8F4N2S/c1-3(13)12-5(11-2)6(9,10)4(7)8/h4,13H,1H2,2H3,(H,11,12). The predicted molar refractivity (Wildman–Crippen MR) is 45.6 cm³/mol. The van der Waals surface area contributed by atoms with Gasteiger partial charge in [0.1, 0.15) is 0 Å². The first-order chi connectivity index (χ1) is 5.82. The molecule has 76 valence electrons. The van der Waals surface area contributed by atoms with Crippen LogP contribution >= 0.6 is 12.6 Å². The Bertz CT molecular complexity index is 227. The van der Waals surface area contributed by atoms with Crippen molar-refractivity contribution in [2.45, 2.75) is 12.3 Å². The number of nitrogens with one attached hydrogen (secondary N) is 1. The minimum absolute atomic E-state index is 0.180. The molecule has 0 fully saturated rings. The van der Waals surface area contributed by atoms with Crippen molar-refractivity contribution in [2.75, 3.05) is 7.05 Å². The molecule has 0 heterocycles. The SMILES string of the molecule is C=C(S)NC(=NC)C(F)(F)C(F)F. The summed E-state index contributed by atoms with van der Waals surface area (Å²) in [6, 6.07) is 0. The molecule has 0 radical (unpaired) electrons. The van der Waals surface area contributed by atoms with Crippen LogP contribution in [0.2, 0.25) is 0 Å². The smallest absolute Gasteiger partial charge is 0.334 e. The van der Waals surface area contributed by atoms with Gasteiger partial charge in [0.25, 0.3) is 0 Å². The van der Waals surface area contributed by atoms with Crippen LogP contribution in [0.25, 0.3) is 0 Å². The molecular weight excluding hydrogens is 208 g/mol. The van der Waals surface area contributed by atoms with E-state index in [4.69, 9.17) is 0 Å². The molecule has 0 bridgehead atoms. The van der Waals surface area contributed by atoms with E-state index in [9.17, 15) is 17.6 Å². The molecule has 1 N–H and O–H groups in total. The molecule has 0 rings (SSSR count). The Morgan fingerprint density at radius 1 is 1.54 bits per heavy atom. The highest BCUT2D eigenvalue weighted by Gasteiger charge is 2.46. The molecule has 0 unspecified atom stereocenters. The number of alkyl halides is 4. The molecule has 0 spiro atoms. The largest absolute Gasteiger partial charge is 0.363 e. The first kappa shape index (κ1) is 12.3. The lowest BCUT2D eigenvalue weighted by Crippen LogP contribution is -2.44. The second-order valence-electron chi connectivity index (χ2n) is 2.07. The van der Waals surface area contributed by atoms with E-state index in [2.05, 4.69) is 24.2 Å². The maximum atomic E-state index is 12.6. The molecule has 0 aromatic rings. The highest BCUT2D eigenvalue weighted by Crippen LogP contribution is 2.24. The Hall–Kier alpha value is -0.720. The molecule has 0 saturated carbocycles. The molecule has 0 aromatic carbocycles. The van der Waals surface area contributed by atoms with E-state index in [0.717, 1.165) is 7.05 Å². The molecule has 7 heteroatoms. The van der Waals surface area contributed by atoms with Crippen molar-refractivity contribution < 1.29 is 17.6 Å². The van der Waals surface area contributed by atoms with Crippen molar-refractivity contribution in [1.29, 1.82) is 0 Å². The third kappa shape index (κ3) is 3.25. The normalized spacial score (nSPS) is 13.3. The fourth-order valence-corrected chi connectivity index (χ4v) is 0.634. The Morgan fingerprint density at radius 2 is 2.00 bits per heavy atom. The van der Waals surface area contributed by atoms with Crippen LogP contribution in [-0.4, -0.2) is 25.2 Å². The highest BCUT2D eigenvalue weighted by atomic mass is 32.1. The summed E-state index contributed by atoms with van der Waals surface area (Å²) in [5.41, 5.74) is 0. The Morgan fingerprint density at radius 3 is 2.23 bits per heavy atom. The van der Waals surface area contributed by atoms with Gasteiger partial charge in [-0.1, -0.05) is 6.58 Å². The molecule has 13 heavy (non-hydrogen) atoms. The Labute approximate surface area is 78.1 Å². The zero-order valence-electron chi connectivity index (χ0n) is 6.69. The monoisotopic (exact) mass is 216 g/mol. The first-order valence-corrected chi connectivity index (χ1v) is 3.55. The van der Waals surface area contributed by atoms with E-state index in [0.29, 0.717) is 0 Å². The van der Waals surface area contributed by atoms with Crippen LogP contribution in [0.5, 0.6) is 0 Å². The Balaban J connectivity index is 4.68. The van der Waals surface area contributed by atoms with Crippen LogP contribution < -0.4 is 5.32 Å². The van der Waals surface area contributed by atoms with Crippen LogP contribution in [0.4, 0.5) is 17.6 Å². The Kier molecular flexibility index (Phi) is 4.25. The lowest BCUT2D eigenvalue weighted by Gasteiger charge is -2.18. The number of halogens is 4. The van der Waals surface area contributed by atoms with Crippen molar-refractivity contribution in [2.24, 2.45) is 4.99 Å². The van der Waals surface area contributed by atoms with Crippen molar-refractivity contribution in [3.63, 3.8) is 0 Å². The summed E-state index contributed by atoms with van der Waals surface area (Å²) in [6.07, 6.45) is -3.81. The van der Waals surface area contributed by atoms with Crippen molar-refractivity contribution >= 4 is 18.5 Å². The number of rotatable bonds is 3. The summed E-state index contributed by atoms with van der Waals surface area (Å²) in [4.78, 5) is 2.99. The van der Waals surface area contributed by atoms with Crippen LogP contribution in [0.15, 0.2) is 16.6 Å². The number of amidine groups is 1. The maximum absolute atomic E-state index is 12.6. The lowest BCUT2D eigenvalue weighted by molar-refractivity contribution is -0.0768. The molecule has 0 amide bonds. The van der Waals surface area contributed by atoms with E-state index in [1.54, 1.807) is 0 Å². The minimum Gasteiger partial charge on any atom is -0.334 e. The molecule has 2 nitrogen and oxygen atoms in total. The average molecular weight is 216 g/mol. The summed E-state index contributed by atoms with van der Waals surface area (Å²) < 4.78 is 48.7. The van der Waals surface area contributed by atoms with Crippen LogP contribution in [0, 0.1) is 0 Å². The van der Waals surface area contributed by atoms with Gasteiger partial charge < -0.3 is 5.32 Å². The number of hydrogen-bond donors (Lipinski definition) is 2. The van der Waals surface area contributed by atoms with Crippen molar-refractivity contribution in [1.82, 2.24) is 5.32 Å². The molecule has 0 atom stereocenters. The average Bonchev–Trinajstić information content (AvgIpc) is 1.99. The number of thiol groups is 1. The summed E-state index contributed by atoms with van der Waals surface area (Å²) in [7, 11) is 0.968. The maximum Gasteiger partial charge on any atom is 0.363 e. The van der Waals surface area contributed by atoms with Gasteiger partial charge in [0.15, 0.2) is 5.84 Å². The van der Waals surface area contributed by atoms with E-state index >= 15 is 0 Å². The zero-order valence-corrected chi connectivity index (χ0v) is 7.59. The molecular formula is C6H8F4N2S. The molecule has 0 aliphatic heterocycles. The molecule has 0 aliphatic carbocycles. The van der Waals surface area contributed by atoms with E-state index in [-0.39, 0.29) is 5.03 Å². The summed E-state index contributed by atoms with van der Waals surface area (Å²) in [6.45, 7) is 3.11.